The fraction of sp³-hybridized carbons (Fsp3) is 0.533. The molecule has 0 spiro atoms. The monoisotopic (exact) mass is 261 g/mol. The molecule has 19 heavy (non-hydrogen) atoms. The number of carbonyl (C=O) groups excluding carboxylic acids is 1. The third-order valence-corrected chi connectivity index (χ3v) is 3.67. The molecule has 1 heterocycles. The van der Waals surface area contributed by atoms with Crippen LogP contribution in [0.3, 0.4) is 0 Å². The van der Waals surface area contributed by atoms with E-state index in [1.54, 1.807) is 0 Å². The summed E-state index contributed by atoms with van der Waals surface area (Å²) in [6, 6.07) is 6.44. The van der Waals surface area contributed by atoms with E-state index in [2.05, 4.69) is 47.6 Å². The van der Waals surface area contributed by atoms with Gasteiger partial charge in [-0.3, -0.25) is 4.79 Å². The van der Waals surface area contributed by atoms with Crippen molar-refractivity contribution in [1.82, 2.24) is 10.6 Å². The van der Waals surface area contributed by atoms with E-state index in [9.17, 15) is 4.79 Å². The molecule has 104 valence electrons. The maximum atomic E-state index is 11.9. The number of amides is 1. The molecule has 4 heteroatoms. The fourth-order valence-electron chi connectivity index (χ4n) is 2.76. The van der Waals surface area contributed by atoms with Crippen molar-refractivity contribution in [3.63, 3.8) is 0 Å². The Kier molecular flexibility index (Phi) is 4.43. The molecule has 1 amide bonds. The van der Waals surface area contributed by atoms with Gasteiger partial charge in [-0.15, -0.1) is 0 Å². The predicted molar refractivity (Wildman–Crippen MR) is 78.4 cm³/mol. The summed E-state index contributed by atoms with van der Waals surface area (Å²) in [6.07, 6.45) is 0.837. The number of carbonyl (C=O) groups is 1. The Morgan fingerprint density at radius 3 is 2.89 bits per heavy atom. The lowest BCUT2D eigenvalue weighted by Gasteiger charge is -2.37. The van der Waals surface area contributed by atoms with Crippen LogP contribution < -0.4 is 15.5 Å². The Morgan fingerprint density at radius 1 is 1.47 bits per heavy atom. The summed E-state index contributed by atoms with van der Waals surface area (Å²) in [5.41, 5.74) is 3.70. The van der Waals surface area contributed by atoms with Crippen molar-refractivity contribution in [3.05, 3.63) is 29.3 Å². The summed E-state index contributed by atoms with van der Waals surface area (Å²) in [7, 11) is 1.95. The zero-order chi connectivity index (χ0) is 13.8. The van der Waals surface area contributed by atoms with E-state index >= 15 is 0 Å². The molecular formula is C15H23N3O. The van der Waals surface area contributed by atoms with Crippen LogP contribution in [0.15, 0.2) is 18.2 Å². The van der Waals surface area contributed by atoms with Crippen LogP contribution in [-0.4, -0.2) is 32.1 Å². The van der Waals surface area contributed by atoms with Crippen LogP contribution in [0.25, 0.3) is 0 Å². The van der Waals surface area contributed by atoms with E-state index in [-0.39, 0.29) is 11.9 Å². The van der Waals surface area contributed by atoms with Gasteiger partial charge in [-0.25, -0.2) is 0 Å². The van der Waals surface area contributed by atoms with Crippen molar-refractivity contribution >= 4 is 11.6 Å². The molecular weight excluding hydrogens is 238 g/mol. The minimum Gasteiger partial charge on any atom is -0.358 e. The summed E-state index contributed by atoms with van der Waals surface area (Å²) in [5, 5.41) is 6.10. The van der Waals surface area contributed by atoms with Gasteiger partial charge in [-0.1, -0.05) is 19.1 Å². The predicted octanol–water partition coefficient (Wildman–Crippen LogP) is 1.43. The summed E-state index contributed by atoms with van der Waals surface area (Å²) in [4.78, 5) is 14.2. The number of aryl methyl sites for hydroxylation is 1. The molecule has 4 nitrogen and oxygen atoms in total. The highest BCUT2D eigenvalue weighted by molar-refractivity contribution is 5.86. The van der Waals surface area contributed by atoms with Crippen LogP contribution in [0.4, 0.5) is 5.69 Å². The second-order valence-corrected chi connectivity index (χ2v) is 5.06. The Hall–Kier alpha value is -1.55. The fourth-order valence-corrected chi connectivity index (χ4v) is 2.76. The van der Waals surface area contributed by atoms with Crippen LogP contribution in [0.5, 0.6) is 0 Å². The van der Waals surface area contributed by atoms with Crippen LogP contribution in [0, 0.1) is 6.92 Å². The molecule has 0 aromatic heterocycles. The first kappa shape index (κ1) is 13.9. The number of hydrogen-bond acceptors (Lipinski definition) is 3. The van der Waals surface area contributed by atoms with E-state index < -0.39 is 0 Å². The van der Waals surface area contributed by atoms with Crippen molar-refractivity contribution in [2.24, 2.45) is 0 Å². The third kappa shape index (κ3) is 2.89. The highest BCUT2D eigenvalue weighted by Crippen LogP contribution is 2.25. The van der Waals surface area contributed by atoms with Crippen LogP contribution >= 0.6 is 0 Å². The number of hydrogen-bond donors (Lipinski definition) is 2. The Morgan fingerprint density at radius 2 is 2.26 bits per heavy atom. The van der Waals surface area contributed by atoms with Gasteiger partial charge in [0, 0.05) is 25.3 Å². The number of rotatable bonds is 4. The number of nitrogens with zero attached hydrogens (tertiary/aromatic N) is 1. The van der Waals surface area contributed by atoms with Gasteiger partial charge in [0.15, 0.2) is 0 Å². The Bertz CT molecular complexity index is 459. The average molecular weight is 261 g/mol. The molecule has 1 aliphatic rings. The van der Waals surface area contributed by atoms with Crippen LogP contribution in [0.2, 0.25) is 0 Å². The van der Waals surface area contributed by atoms with Crippen LogP contribution in [-0.2, 0) is 11.3 Å². The lowest BCUT2D eigenvalue weighted by atomic mass is 10.0. The molecule has 1 aromatic carbocycles. The van der Waals surface area contributed by atoms with Gasteiger partial charge in [0.05, 0.1) is 0 Å². The molecule has 0 aliphatic carbocycles. The zero-order valence-electron chi connectivity index (χ0n) is 12.0. The second-order valence-electron chi connectivity index (χ2n) is 5.06. The first-order valence-corrected chi connectivity index (χ1v) is 6.95. The van der Waals surface area contributed by atoms with Crippen molar-refractivity contribution in [3.8, 4) is 0 Å². The van der Waals surface area contributed by atoms with Crippen molar-refractivity contribution in [1.29, 1.82) is 0 Å². The minimum atomic E-state index is -0.0393. The summed E-state index contributed by atoms with van der Waals surface area (Å²) in [5.74, 6) is 0.146. The lowest BCUT2D eigenvalue weighted by molar-refractivity contribution is -0.123. The molecule has 2 rings (SSSR count). The third-order valence-electron chi connectivity index (χ3n) is 3.67. The van der Waals surface area contributed by atoms with Gasteiger partial charge in [0.1, 0.15) is 6.04 Å². The summed E-state index contributed by atoms with van der Waals surface area (Å²) >= 11 is 0. The van der Waals surface area contributed by atoms with Gasteiger partial charge in [0.2, 0.25) is 5.91 Å². The lowest BCUT2D eigenvalue weighted by Crippen LogP contribution is -2.55. The molecule has 0 bridgehead atoms. The normalized spacial score (nSPS) is 19.4. The highest BCUT2D eigenvalue weighted by Gasteiger charge is 2.28. The topological polar surface area (TPSA) is 44.4 Å². The first-order chi connectivity index (χ1) is 9.17. The van der Waals surface area contributed by atoms with Gasteiger partial charge < -0.3 is 15.5 Å². The minimum absolute atomic E-state index is 0.0393. The summed E-state index contributed by atoms with van der Waals surface area (Å²) in [6.45, 7) is 6.67. The quantitative estimate of drug-likeness (QED) is 0.862. The number of piperazine rings is 1. The smallest absolute Gasteiger partial charge is 0.242 e. The average Bonchev–Trinajstić information content (AvgIpc) is 2.39. The van der Waals surface area contributed by atoms with Gasteiger partial charge in [0.25, 0.3) is 0 Å². The molecule has 0 radical (unpaired) electrons. The van der Waals surface area contributed by atoms with E-state index in [1.807, 2.05) is 7.05 Å². The molecule has 1 aromatic rings. The molecule has 2 N–H and O–H groups in total. The van der Waals surface area contributed by atoms with E-state index in [1.165, 1.54) is 16.8 Å². The van der Waals surface area contributed by atoms with Crippen LogP contribution in [0.1, 0.15) is 24.5 Å². The maximum absolute atomic E-state index is 11.9. The van der Waals surface area contributed by atoms with E-state index in [4.69, 9.17) is 0 Å². The summed E-state index contributed by atoms with van der Waals surface area (Å²) < 4.78 is 0. The largest absolute Gasteiger partial charge is 0.358 e. The number of anilines is 1. The van der Waals surface area contributed by atoms with Crippen molar-refractivity contribution in [2.45, 2.75) is 32.9 Å². The van der Waals surface area contributed by atoms with Gasteiger partial charge >= 0.3 is 0 Å². The molecule has 1 fully saturated rings. The Labute approximate surface area is 115 Å². The van der Waals surface area contributed by atoms with Crippen molar-refractivity contribution in [2.75, 3.05) is 25.0 Å². The van der Waals surface area contributed by atoms with E-state index in [0.717, 1.165) is 26.1 Å². The maximum Gasteiger partial charge on any atom is 0.242 e. The molecule has 1 saturated heterocycles. The van der Waals surface area contributed by atoms with Crippen molar-refractivity contribution < 1.29 is 4.79 Å². The van der Waals surface area contributed by atoms with Gasteiger partial charge in [-0.2, -0.15) is 0 Å². The SMILES string of the molecule is CCC1C(=O)NCCN1c1ccc(CNC)cc1C. The zero-order valence-corrected chi connectivity index (χ0v) is 12.0. The van der Waals surface area contributed by atoms with E-state index in [0.29, 0.717) is 0 Å². The molecule has 0 saturated carbocycles. The second kappa shape index (κ2) is 6.06. The molecule has 1 atom stereocenters. The van der Waals surface area contributed by atoms with Gasteiger partial charge in [-0.05, 0) is 37.6 Å². The molecule has 1 unspecified atom stereocenters. The standard InChI is InChI=1S/C15H23N3O/c1-4-13-15(19)17-7-8-18(13)14-6-5-12(10-16-3)9-11(14)2/h5-6,9,13,16H,4,7-8,10H2,1-3H3,(H,17,19). The Balaban J connectivity index is 2.27. The first-order valence-electron chi connectivity index (χ1n) is 6.95. The number of nitrogens with one attached hydrogen (secondary N) is 2. The molecule has 1 aliphatic heterocycles. The number of benzene rings is 1. The highest BCUT2D eigenvalue weighted by atomic mass is 16.2.